The maximum Gasteiger partial charge on any atom is 0.257 e. The van der Waals surface area contributed by atoms with Gasteiger partial charge in [0, 0.05) is 12.4 Å². The molecule has 0 amide bonds. The number of nitrogens with zero attached hydrogens (tertiary/aromatic N) is 4. The molecule has 1 aromatic carbocycles. The van der Waals surface area contributed by atoms with Crippen molar-refractivity contribution in [3.63, 3.8) is 0 Å². The van der Waals surface area contributed by atoms with E-state index in [2.05, 4.69) is 25.8 Å². The van der Waals surface area contributed by atoms with Crippen LogP contribution in [0.1, 0.15) is 17.3 Å². The third-order valence-corrected chi connectivity index (χ3v) is 3.52. The Kier molecular flexibility index (Phi) is 4.29. The first-order valence-electron chi connectivity index (χ1n) is 6.68. The Balaban J connectivity index is 1.96. The zero-order valence-electron chi connectivity index (χ0n) is 12.1. The number of nitrogens with one attached hydrogen (secondary N) is 2. The number of thiocarbonyl (C=S) groups is 1. The number of ether oxygens (including phenoxy) is 1. The Morgan fingerprint density at radius 3 is 2.96 bits per heavy atom. The molecule has 0 aliphatic heterocycles. The lowest BCUT2D eigenvalue weighted by Crippen LogP contribution is -2.29. The van der Waals surface area contributed by atoms with E-state index in [1.807, 2.05) is 0 Å². The van der Waals surface area contributed by atoms with Gasteiger partial charge in [-0.2, -0.15) is 20.5 Å². The minimum absolute atomic E-state index is 0.176. The molecule has 2 N–H and O–H groups in total. The molecule has 23 heavy (non-hydrogen) atoms. The largest absolute Gasteiger partial charge is 0.474 e. The number of halogens is 1. The quantitative estimate of drug-likeness (QED) is 0.709. The van der Waals surface area contributed by atoms with Crippen LogP contribution in [0.15, 0.2) is 42.9 Å². The fraction of sp³-hybridized carbons (Fsp3) is 0.143. The van der Waals surface area contributed by atoms with Crippen LogP contribution >= 0.6 is 12.2 Å². The van der Waals surface area contributed by atoms with Crippen molar-refractivity contribution in [3.8, 4) is 5.69 Å². The first kappa shape index (κ1) is 15.1. The van der Waals surface area contributed by atoms with Crippen molar-refractivity contribution < 1.29 is 9.13 Å². The predicted molar refractivity (Wildman–Crippen MR) is 84.5 cm³/mol. The molecule has 0 bridgehead atoms. The number of hydrogen-bond acceptors (Lipinski definition) is 5. The molecule has 0 saturated heterocycles. The summed E-state index contributed by atoms with van der Waals surface area (Å²) in [5.41, 5.74) is 1.55. The van der Waals surface area contributed by atoms with Crippen molar-refractivity contribution >= 4 is 17.4 Å². The van der Waals surface area contributed by atoms with Crippen molar-refractivity contribution in [2.75, 3.05) is 7.11 Å². The summed E-state index contributed by atoms with van der Waals surface area (Å²) in [6.07, 6.45) is 4.80. The molecule has 0 saturated carbocycles. The van der Waals surface area contributed by atoms with Crippen LogP contribution < -0.4 is 5.32 Å². The van der Waals surface area contributed by atoms with E-state index in [9.17, 15) is 4.39 Å². The average Bonchev–Trinajstić information content (AvgIpc) is 3.25. The summed E-state index contributed by atoms with van der Waals surface area (Å²) in [6.45, 7) is 0. The first-order valence-corrected chi connectivity index (χ1v) is 7.09. The Bertz CT molecular complexity index is 790. The molecule has 3 aromatic rings. The van der Waals surface area contributed by atoms with E-state index in [0.29, 0.717) is 16.9 Å². The van der Waals surface area contributed by atoms with Crippen molar-refractivity contribution in [2.24, 2.45) is 0 Å². The van der Waals surface area contributed by atoms with Gasteiger partial charge in [0.15, 0.2) is 0 Å². The Labute approximate surface area is 136 Å². The standard InChI is InChI=1S/C14H13FN6OS/c1-22-14(23)18-13(11-8-16-20-19-11)9-3-4-12(10(15)7-9)21-6-2-5-17-21/h2-8,13H,1H3,(H,18,23)(H,16,19,20). The molecular weight excluding hydrogens is 319 g/mol. The summed E-state index contributed by atoms with van der Waals surface area (Å²) in [6, 6.07) is 6.06. The summed E-state index contributed by atoms with van der Waals surface area (Å²) in [4.78, 5) is 0. The van der Waals surface area contributed by atoms with Gasteiger partial charge < -0.3 is 10.1 Å². The van der Waals surface area contributed by atoms with E-state index in [4.69, 9.17) is 17.0 Å². The average molecular weight is 332 g/mol. The molecule has 0 radical (unpaired) electrons. The molecule has 1 unspecified atom stereocenters. The minimum Gasteiger partial charge on any atom is -0.474 e. The van der Waals surface area contributed by atoms with Gasteiger partial charge in [0.1, 0.15) is 23.2 Å². The Morgan fingerprint density at radius 1 is 1.48 bits per heavy atom. The van der Waals surface area contributed by atoms with Crippen LogP contribution in [0.2, 0.25) is 0 Å². The first-order chi connectivity index (χ1) is 11.2. The van der Waals surface area contributed by atoms with E-state index in [0.717, 1.165) is 0 Å². The summed E-state index contributed by atoms with van der Waals surface area (Å²) in [5.74, 6) is -0.412. The highest BCUT2D eigenvalue weighted by atomic mass is 32.1. The number of rotatable bonds is 4. The highest BCUT2D eigenvalue weighted by molar-refractivity contribution is 7.80. The van der Waals surface area contributed by atoms with Gasteiger partial charge in [0.05, 0.1) is 13.3 Å². The van der Waals surface area contributed by atoms with Gasteiger partial charge in [0.25, 0.3) is 5.17 Å². The molecule has 2 heterocycles. The number of H-pyrrole nitrogens is 1. The topological polar surface area (TPSA) is 80.6 Å². The molecular formula is C14H13FN6OS. The fourth-order valence-corrected chi connectivity index (χ4v) is 2.27. The molecule has 0 fully saturated rings. The van der Waals surface area contributed by atoms with Crippen LogP contribution in [-0.2, 0) is 4.74 Å². The Hall–Kier alpha value is -2.81. The fourth-order valence-electron chi connectivity index (χ4n) is 2.15. The number of hydrogen-bond donors (Lipinski definition) is 2. The lowest BCUT2D eigenvalue weighted by Gasteiger charge is -2.18. The maximum atomic E-state index is 14.4. The molecule has 7 nitrogen and oxygen atoms in total. The van der Waals surface area contributed by atoms with Crippen LogP contribution in [0.3, 0.4) is 0 Å². The summed E-state index contributed by atoms with van der Waals surface area (Å²) >= 11 is 5.03. The highest BCUT2D eigenvalue weighted by Gasteiger charge is 2.20. The second kappa shape index (κ2) is 6.53. The number of methoxy groups -OCH3 is 1. The van der Waals surface area contributed by atoms with E-state index in [1.54, 1.807) is 30.6 Å². The van der Waals surface area contributed by atoms with Gasteiger partial charge >= 0.3 is 0 Å². The van der Waals surface area contributed by atoms with E-state index in [-0.39, 0.29) is 5.17 Å². The van der Waals surface area contributed by atoms with Crippen molar-refractivity contribution in [3.05, 3.63) is 59.9 Å². The van der Waals surface area contributed by atoms with Crippen molar-refractivity contribution in [2.45, 2.75) is 6.04 Å². The van der Waals surface area contributed by atoms with E-state index in [1.165, 1.54) is 24.1 Å². The van der Waals surface area contributed by atoms with Gasteiger partial charge in [-0.05, 0) is 36.0 Å². The minimum atomic E-state index is -0.484. The predicted octanol–water partition coefficient (Wildman–Crippen LogP) is 1.74. The molecule has 118 valence electrons. The van der Waals surface area contributed by atoms with Crippen LogP contribution in [-0.4, -0.2) is 37.5 Å². The number of benzene rings is 1. The van der Waals surface area contributed by atoms with Gasteiger partial charge in [0.2, 0.25) is 0 Å². The third kappa shape index (κ3) is 3.19. The van der Waals surface area contributed by atoms with Crippen LogP contribution in [0, 0.1) is 5.82 Å². The highest BCUT2D eigenvalue weighted by Crippen LogP contribution is 2.23. The number of aromatic nitrogens is 5. The van der Waals surface area contributed by atoms with Gasteiger partial charge in [-0.3, -0.25) is 0 Å². The van der Waals surface area contributed by atoms with Gasteiger partial charge in [-0.25, -0.2) is 9.07 Å². The molecule has 0 aliphatic rings. The van der Waals surface area contributed by atoms with E-state index >= 15 is 0 Å². The van der Waals surface area contributed by atoms with E-state index < -0.39 is 11.9 Å². The Morgan fingerprint density at radius 2 is 2.35 bits per heavy atom. The van der Waals surface area contributed by atoms with Crippen molar-refractivity contribution in [1.29, 1.82) is 0 Å². The summed E-state index contributed by atoms with van der Waals surface area (Å²) < 4.78 is 20.9. The lowest BCUT2D eigenvalue weighted by atomic mass is 10.0. The SMILES string of the molecule is COC(=S)NC(c1ccc(-n2cccn2)c(F)c1)c1cn[nH]n1. The van der Waals surface area contributed by atoms with Crippen molar-refractivity contribution in [1.82, 2.24) is 30.5 Å². The molecule has 1 atom stereocenters. The zero-order valence-corrected chi connectivity index (χ0v) is 12.9. The summed E-state index contributed by atoms with van der Waals surface area (Å²) in [5, 5.41) is 17.5. The second-order valence-electron chi connectivity index (χ2n) is 4.63. The van der Waals surface area contributed by atoms with Crippen LogP contribution in [0.25, 0.3) is 5.69 Å². The number of aromatic amines is 1. The third-order valence-electron chi connectivity index (χ3n) is 3.23. The smallest absolute Gasteiger partial charge is 0.257 e. The van der Waals surface area contributed by atoms with Gasteiger partial charge in [-0.1, -0.05) is 6.07 Å². The van der Waals surface area contributed by atoms with Gasteiger partial charge in [-0.15, -0.1) is 0 Å². The molecule has 9 heteroatoms. The molecule has 3 rings (SSSR count). The lowest BCUT2D eigenvalue weighted by molar-refractivity contribution is 0.387. The second-order valence-corrected chi connectivity index (χ2v) is 5.00. The monoisotopic (exact) mass is 332 g/mol. The maximum absolute atomic E-state index is 14.4. The van der Waals surface area contributed by atoms with Crippen LogP contribution in [0.4, 0.5) is 4.39 Å². The normalized spacial score (nSPS) is 11.9. The molecule has 2 aromatic heterocycles. The summed E-state index contributed by atoms with van der Waals surface area (Å²) in [7, 11) is 1.45. The molecule has 0 aliphatic carbocycles. The molecule has 0 spiro atoms. The van der Waals surface area contributed by atoms with Crippen LogP contribution in [0.5, 0.6) is 0 Å². The zero-order chi connectivity index (χ0) is 16.2.